The maximum absolute atomic E-state index is 12.2. The van der Waals surface area contributed by atoms with Gasteiger partial charge in [0.1, 0.15) is 5.75 Å². The van der Waals surface area contributed by atoms with Crippen molar-refractivity contribution in [3.63, 3.8) is 0 Å². The van der Waals surface area contributed by atoms with Gasteiger partial charge in [-0.15, -0.1) is 0 Å². The van der Waals surface area contributed by atoms with Crippen LogP contribution < -0.4 is 15.4 Å². The molecular weight excluding hydrogens is 335 g/mol. The summed E-state index contributed by atoms with van der Waals surface area (Å²) in [4.78, 5) is 4.15. The van der Waals surface area contributed by atoms with E-state index in [2.05, 4.69) is 22.5 Å². The van der Waals surface area contributed by atoms with Crippen molar-refractivity contribution in [3.05, 3.63) is 29.8 Å². The van der Waals surface area contributed by atoms with Crippen LogP contribution in [-0.4, -0.2) is 44.5 Å². The molecule has 1 aromatic rings. The molecule has 0 aliphatic carbocycles. The van der Waals surface area contributed by atoms with Crippen LogP contribution in [0.3, 0.4) is 0 Å². The van der Waals surface area contributed by atoms with Gasteiger partial charge in [0.05, 0.1) is 5.60 Å². The Kier molecular flexibility index (Phi) is 6.52. The van der Waals surface area contributed by atoms with E-state index in [9.17, 15) is 13.2 Å². The van der Waals surface area contributed by atoms with E-state index < -0.39 is 12.8 Å². The molecule has 1 aliphatic heterocycles. The number of benzene rings is 1. The molecule has 1 saturated heterocycles. The molecule has 1 atom stereocenters. The summed E-state index contributed by atoms with van der Waals surface area (Å²) in [5.41, 5.74) is 0.606. The molecule has 0 amide bonds. The van der Waals surface area contributed by atoms with Crippen LogP contribution in [0, 0.1) is 0 Å². The van der Waals surface area contributed by atoms with Gasteiger partial charge < -0.3 is 20.1 Å². The second kappa shape index (κ2) is 8.42. The lowest BCUT2D eigenvalue weighted by molar-refractivity contribution is -0.153. The van der Waals surface area contributed by atoms with Crippen molar-refractivity contribution in [1.29, 1.82) is 0 Å². The Balaban J connectivity index is 1.82. The molecule has 1 unspecified atom stereocenters. The van der Waals surface area contributed by atoms with E-state index in [1.54, 1.807) is 19.2 Å². The number of guanidine groups is 1. The molecule has 0 saturated carbocycles. The number of rotatable bonds is 6. The molecule has 0 aromatic heterocycles. The van der Waals surface area contributed by atoms with Gasteiger partial charge in [-0.1, -0.05) is 12.1 Å². The zero-order valence-corrected chi connectivity index (χ0v) is 14.4. The summed E-state index contributed by atoms with van der Waals surface area (Å²) in [6.45, 7) is 2.59. The molecule has 2 rings (SSSR count). The number of ether oxygens (including phenoxy) is 2. The Morgan fingerprint density at radius 3 is 2.80 bits per heavy atom. The summed E-state index contributed by atoms with van der Waals surface area (Å²) >= 11 is 0. The second-order valence-corrected chi connectivity index (χ2v) is 6.23. The van der Waals surface area contributed by atoms with Crippen molar-refractivity contribution in [2.45, 2.75) is 38.1 Å². The van der Waals surface area contributed by atoms with Crippen molar-refractivity contribution >= 4 is 5.96 Å². The summed E-state index contributed by atoms with van der Waals surface area (Å²) in [5.74, 6) is 0.796. The molecule has 1 aliphatic rings. The summed E-state index contributed by atoms with van der Waals surface area (Å²) in [6.07, 6.45) is -2.30. The van der Waals surface area contributed by atoms with Gasteiger partial charge in [0.15, 0.2) is 12.6 Å². The van der Waals surface area contributed by atoms with E-state index in [1.807, 2.05) is 6.07 Å². The Morgan fingerprint density at radius 1 is 1.36 bits per heavy atom. The molecule has 0 radical (unpaired) electrons. The molecule has 5 nitrogen and oxygen atoms in total. The average molecular weight is 359 g/mol. The largest absolute Gasteiger partial charge is 0.484 e. The Hall–Kier alpha value is -1.96. The van der Waals surface area contributed by atoms with Gasteiger partial charge in [0.2, 0.25) is 0 Å². The first-order valence-corrected chi connectivity index (χ1v) is 8.17. The molecule has 1 heterocycles. The highest BCUT2D eigenvalue weighted by molar-refractivity contribution is 5.79. The molecule has 140 valence electrons. The van der Waals surface area contributed by atoms with Crippen molar-refractivity contribution in [3.8, 4) is 5.75 Å². The maximum Gasteiger partial charge on any atom is 0.422 e. The quantitative estimate of drug-likeness (QED) is 0.606. The van der Waals surface area contributed by atoms with Crippen LogP contribution in [0.1, 0.15) is 25.3 Å². The molecule has 1 aromatic carbocycles. The number of halogens is 3. The Morgan fingerprint density at radius 2 is 2.16 bits per heavy atom. The molecule has 8 heteroatoms. The Labute approximate surface area is 145 Å². The van der Waals surface area contributed by atoms with Crippen molar-refractivity contribution in [2.75, 3.05) is 26.8 Å². The third-order valence-electron chi connectivity index (χ3n) is 3.91. The van der Waals surface area contributed by atoms with Crippen molar-refractivity contribution in [1.82, 2.24) is 10.6 Å². The molecular formula is C17H24F3N3O2. The van der Waals surface area contributed by atoms with Gasteiger partial charge in [0.25, 0.3) is 0 Å². The number of nitrogens with zero attached hydrogens (tertiary/aromatic N) is 1. The van der Waals surface area contributed by atoms with Crippen LogP contribution in [0.2, 0.25) is 0 Å². The minimum Gasteiger partial charge on any atom is -0.484 e. The average Bonchev–Trinajstić information content (AvgIpc) is 3.00. The zero-order valence-electron chi connectivity index (χ0n) is 14.4. The lowest BCUT2D eigenvalue weighted by Crippen LogP contribution is -2.45. The predicted octanol–water partition coefficient (Wildman–Crippen LogP) is 2.86. The second-order valence-electron chi connectivity index (χ2n) is 6.23. The Bertz CT molecular complexity index is 585. The zero-order chi connectivity index (χ0) is 18.3. The molecule has 0 bridgehead atoms. The molecule has 1 fully saturated rings. The highest BCUT2D eigenvalue weighted by atomic mass is 19.4. The number of aliphatic imine (C=N–C) groups is 1. The first kappa shape index (κ1) is 19.4. The molecule has 0 spiro atoms. The highest BCUT2D eigenvalue weighted by Crippen LogP contribution is 2.23. The van der Waals surface area contributed by atoms with Crippen LogP contribution in [0.25, 0.3) is 0 Å². The molecule has 2 N–H and O–H groups in total. The van der Waals surface area contributed by atoms with Crippen LogP contribution in [0.15, 0.2) is 29.3 Å². The van der Waals surface area contributed by atoms with Crippen molar-refractivity contribution in [2.24, 2.45) is 4.99 Å². The molecule has 25 heavy (non-hydrogen) atoms. The van der Waals surface area contributed by atoms with Crippen LogP contribution in [0.5, 0.6) is 5.75 Å². The minimum atomic E-state index is -4.35. The lowest BCUT2D eigenvalue weighted by atomic mass is 10.0. The third kappa shape index (κ3) is 6.81. The van der Waals surface area contributed by atoms with E-state index in [4.69, 9.17) is 9.47 Å². The van der Waals surface area contributed by atoms with Gasteiger partial charge in [-0.25, -0.2) is 0 Å². The summed E-state index contributed by atoms with van der Waals surface area (Å²) < 4.78 is 47.1. The van der Waals surface area contributed by atoms with E-state index in [0.29, 0.717) is 19.0 Å². The summed E-state index contributed by atoms with van der Waals surface area (Å²) in [6, 6.07) is 6.54. The predicted molar refractivity (Wildman–Crippen MR) is 89.8 cm³/mol. The number of nitrogens with one attached hydrogen (secondary N) is 2. The smallest absolute Gasteiger partial charge is 0.422 e. The lowest BCUT2D eigenvalue weighted by Gasteiger charge is -2.24. The SMILES string of the molecule is CN=C(NCc1cccc(OCC(F)(F)F)c1)NCC1(C)CCCO1. The monoisotopic (exact) mass is 359 g/mol. The van der Waals surface area contributed by atoms with Gasteiger partial charge in [0, 0.05) is 26.7 Å². The first-order valence-electron chi connectivity index (χ1n) is 8.17. The number of hydrogen-bond acceptors (Lipinski definition) is 3. The van der Waals surface area contributed by atoms with Crippen LogP contribution in [-0.2, 0) is 11.3 Å². The van der Waals surface area contributed by atoms with E-state index in [-0.39, 0.29) is 11.4 Å². The first-order chi connectivity index (χ1) is 11.8. The fraction of sp³-hybridized carbons (Fsp3) is 0.588. The van der Waals surface area contributed by atoms with Crippen LogP contribution in [0.4, 0.5) is 13.2 Å². The van der Waals surface area contributed by atoms with Crippen molar-refractivity contribution < 1.29 is 22.6 Å². The number of hydrogen-bond donors (Lipinski definition) is 2. The van der Waals surface area contributed by atoms with Gasteiger partial charge in [-0.3, -0.25) is 4.99 Å². The fourth-order valence-corrected chi connectivity index (χ4v) is 2.56. The number of alkyl halides is 3. The topological polar surface area (TPSA) is 54.9 Å². The highest BCUT2D eigenvalue weighted by Gasteiger charge is 2.30. The maximum atomic E-state index is 12.2. The van der Waals surface area contributed by atoms with Gasteiger partial charge in [-0.2, -0.15) is 13.2 Å². The van der Waals surface area contributed by atoms with Gasteiger partial charge >= 0.3 is 6.18 Å². The summed E-state index contributed by atoms with van der Waals surface area (Å²) in [5, 5.41) is 6.35. The van der Waals surface area contributed by atoms with Crippen LogP contribution >= 0.6 is 0 Å². The normalized spacial score (nSPS) is 21.2. The summed E-state index contributed by atoms with van der Waals surface area (Å²) in [7, 11) is 1.66. The van der Waals surface area contributed by atoms with E-state index in [0.717, 1.165) is 25.0 Å². The standard InChI is InChI=1S/C17H24F3N3O2/c1-16(7-4-8-25-16)11-23-15(21-2)22-10-13-5-3-6-14(9-13)24-12-17(18,19)20/h3,5-6,9H,4,7-8,10-12H2,1-2H3,(H2,21,22,23). The van der Waals surface area contributed by atoms with Gasteiger partial charge in [-0.05, 0) is 37.5 Å². The van der Waals surface area contributed by atoms with E-state index in [1.165, 1.54) is 6.07 Å². The third-order valence-corrected chi connectivity index (χ3v) is 3.91. The van der Waals surface area contributed by atoms with E-state index >= 15 is 0 Å². The minimum absolute atomic E-state index is 0.187. The fourth-order valence-electron chi connectivity index (χ4n) is 2.56.